The zero-order valence-corrected chi connectivity index (χ0v) is 19.8. The molecule has 5 rings (SSSR count). The highest BCUT2D eigenvalue weighted by atomic mass is 32.2. The lowest BCUT2D eigenvalue weighted by atomic mass is 9.85. The number of methoxy groups -OCH3 is 1. The van der Waals surface area contributed by atoms with Crippen molar-refractivity contribution in [3.05, 3.63) is 77.2 Å². The lowest BCUT2D eigenvalue weighted by Gasteiger charge is -2.35. The Morgan fingerprint density at radius 3 is 2.55 bits per heavy atom. The van der Waals surface area contributed by atoms with Crippen molar-refractivity contribution in [2.75, 3.05) is 7.11 Å². The molecule has 2 fully saturated rings. The Kier molecular flexibility index (Phi) is 6.23. The number of hydrogen-bond acceptors (Lipinski definition) is 4. The van der Waals surface area contributed by atoms with Gasteiger partial charge >= 0.3 is 0 Å². The van der Waals surface area contributed by atoms with Crippen molar-refractivity contribution in [1.82, 2.24) is 4.90 Å². The topological polar surface area (TPSA) is 41.9 Å². The Morgan fingerprint density at radius 1 is 1.00 bits per heavy atom. The van der Waals surface area contributed by atoms with E-state index in [2.05, 4.69) is 25.1 Å². The van der Waals surface area contributed by atoms with Gasteiger partial charge in [0.25, 0.3) is 5.91 Å². The molecule has 1 heterocycles. The Hall–Kier alpha value is -3.05. The highest BCUT2D eigenvalue weighted by Gasteiger charge is 2.41. The van der Waals surface area contributed by atoms with Crippen LogP contribution in [0.15, 0.2) is 76.6 Å². The molecule has 1 aliphatic carbocycles. The number of hydrogen-bond donors (Lipinski definition) is 0. The zero-order valence-electron chi connectivity index (χ0n) is 19.0. The van der Waals surface area contributed by atoms with E-state index in [-0.39, 0.29) is 11.9 Å². The normalized spacial score (nSPS) is 23.6. The van der Waals surface area contributed by atoms with Gasteiger partial charge in [0.2, 0.25) is 0 Å². The summed E-state index contributed by atoms with van der Waals surface area (Å²) in [6.07, 6.45) is 6.54. The minimum absolute atomic E-state index is 0.0448. The van der Waals surface area contributed by atoms with Crippen LogP contribution in [0.4, 0.5) is 5.69 Å². The van der Waals surface area contributed by atoms with Crippen molar-refractivity contribution in [2.45, 2.75) is 38.6 Å². The van der Waals surface area contributed by atoms with Gasteiger partial charge in [0.15, 0.2) is 5.17 Å². The van der Waals surface area contributed by atoms with Gasteiger partial charge in [0.05, 0.1) is 17.7 Å². The van der Waals surface area contributed by atoms with Crippen molar-refractivity contribution in [2.24, 2.45) is 10.9 Å². The molecule has 3 aromatic rings. The summed E-state index contributed by atoms with van der Waals surface area (Å²) >= 11 is 1.47. The summed E-state index contributed by atoms with van der Waals surface area (Å²) in [5, 5.41) is 2.97. The standard InChI is InChI=1S/C28H28N2O2S/c1-19-10-6-9-15-24(19)30-27(31)26(33-28(30)29-21-12-4-3-5-13-21)18-23-22-14-8-7-11-20(22)16-17-25(23)32-2/h3-5,7-8,11-14,16-19,24H,6,9-10,15H2,1-2H3/b26-18-,29-28?/t19-,24-/m1/s1. The van der Waals surface area contributed by atoms with Gasteiger partial charge in [-0.25, -0.2) is 4.99 Å². The molecule has 3 aromatic carbocycles. The molecule has 0 spiro atoms. The van der Waals surface area contributed by atoms with Crippen molar-refractivity contribution >= 4 is 45.4 Å². The third kappa shape index (κ3) is 4.30. The van der Waals surface area contributed by atoms with Crippen molar-refractivity contribution < 1.29 is 9.53 Å². The van der Waals surface area contributed by atoms with Crippen LogP contribution < -0.4 is 4.74 Å². The monoisotopic (exact) mass is 456 g/mol. The van der Waals surface area contributed by atoms with Gasteiger partial charge in [0, 0.05) is 11.6 Å². The molecule has 0 N–H and O–H groups in total. The van der Waals surface area contributed by atoms with Gasteiger partial charge in [-0.1, -0.05) is 68.3 Å². The van der Waals surface area contributed by atoms with Crippen LogP contribution >= 0.6 is 11.8 Å². The summed E-state index contributed by atoms with van der Waals surface area (Å²) in [6.45, 7) is 2.26. The molecular weight excluding hydrogens is 428 g/mol. The van der Waals surface area contributed by atoms with E-state index in [1.807, 2.05) is 59.5 Å². The van der Waals surface area contributed by atoms with E-state index in [0.29, 0.717) is 10.8 Å². The molecule has 4 nitrogen and oxygen atoms in total. The molecule has 0 bridgehead atoms. The van der Waals surface area contributed by atoms with E-state index < -0.39 is 0 Å². The largest absolute Gasteiger partial charge is 0.496 e. The SMILES string of the molecule is COc1ccc2ccccc2c1/C=C1\SC(=Nc2ccccc2)N([C@@H]2CCCC[C@H]2C)C1=O. The van der Waals surface area contributed by atoms with Crippen molar-refractivity contribution in [1.29, 1.82) is 0 Å². The maximum absolute atomic E-state index is 13.8. The van der Waals surface area contributed by atoms with Gasteiger partial charge in [-0.2, -0.15) is 0 Å². The number of carbonyl (C=O) groups is 1. The molecule has 1 saturated heterocycles. The summed E-state index contributed by atoms with van der Waals surface area (Å²) in [5.74, 6) is 1.26. The number of nitrogens with zero attached hydrogens (tertiary/aromatic N) is 2. The zero-order chi connectivity index (χ0) is 22.8. The second kappa shape index (κ2) is 9.44. The van der Waals surface area contributed by atoms with Crippen LogP contribution in [-0.2, 0) is 4.79 Å². The molecule has 2 aliphatic rings. The first-order chi connectivity index (χ1) is 16.2. The first-order valence-corrected chi connectivity index (χ1v) is 12.4. The third-order valence-electron chi connectivity index (χ3n) is 6.64. The molecule has 168 valence electrons. The van der Waals surface area contributed by atoms with Gasteiger partial charge in [-0.3, -0.25) is 9.69 Å². The van der Waals surface area contributed by atoms with E-state index in [9.17, 15) is 4.79 Å². The fraction of sp³-hybridized carbons (Fsp3) is 0.286. The van der Waals surface area contributed by atoms with Gasteiger partial charge < -0.3 is 4.74 Å². The summed E-state index contributed by atoms with van der Waals surface area (Å²) < 4.78 is 5.67. The highest BCUT2D eigenvalue weighted by molar-refractivity contribution is 8.18. The Morgan fingerprint density at radius 2 is 1.76 bits per heavy atom. The van der Waals surface area contributed by atoms with Crippen LogP contribution in [0, 0.1) is 5.92 Å². The Labute approximate surface area is 199 Å². The molecule has 2 atom stereocenters. The molecule has 1 aliphatic heterocycles. The Bertz CT molecular complexity index is 1240. The maximum atomic E-state index is 13.8. The lowest BCUT2D eigenvalue weighted by molar-refractivity contribution is -0.124. The van der Waals surface area contributed by atoms with E-state index in [0.717, 1.165) is 52.2 Å². The number of fused-ring (bicyclic) bond motifs is 1. The number of benzene rings is 3. The molecule has 5 heteroatoms. The van der Waals surface area contributed by atoms with Crippen LogP contribution in [0.3, 0.4) is 0 Å². The summed E-state index contributed by atoms with van der Waals surface area (Å²) in [6, 6.07) is 22.3. The van der Waals surface area contributed by atoms with Crippen LogP contribution in [-0.4, -0.2) is 29.1 Å². The maximum Gasteiger partial charge on any atom is 0.267 e. The number of ether oxygens (including phenoxy) is 1. The van der Waals surface area contributed by atoms with Gasteiger partial charge in [-0.15, -0.1) is 0 Å². The first kappa shape index (κ1) is 21.8. The lowest BCUT2D eigenvalue weighted by Crippen LogP contribution is -2.44. The van der Waals surface area contributed by atoms with Crippen molar-refractivity contribution in [3.8, 4) is 5.75 Å². The molecule has 0 unspecified atom stereocenters. The van der Waals surface area contributed by atoms with E-state index in [1.54, 1.807) is 7.11 Å². The number of rotatable bonds is 4. The molecule has 33 heavy (non-hydrogen) atoms. The van der Waals surface area contributed by atoms with Gasteiger partial charge in [0.1, 0.15) is 5.75 Å². The van der Waals surface area contributed by atoms with Crippen LogP contribution in [0.2, 0.25) is 0 Å². The van der Waals surface area contributed by atoms with Crippen LogP contribution in [0.25, 0.3) is 16.8 Å². The van der Waals surface area contributed by atoms with E-state index >= 15 is 0 Å². The summed E-state index contributed by atoms with van der Waals surface area (Å²) in [7, 11) is 1.67. The fourth-order valence-corrected chi connectivity index (χ4v) is 5.91. The average molecular weight is 457 g/mol. The summed E-state index contributed by atoms with van der Waals surface area (Å²) in [5.41, 5.74) is 1.80. The van der Waals surface area contributed by atoms with Crippen molar-refractivity contribution in [3.63, 3.8) is 0 Å². The number of thioether (sulfide) groups is 1. The molecule has 0 radical (unpaired) electrons. The fourth-order valence-electron chi connectivity index (χ4n) is 4.88. The average Bonchev–Trinajstić information content (AvgIpc) is 3.14. The van der Waals surface area contributed by atoms with Crippen LogP contribution in [0.5, 0.6) is 5.75 Å². The number of amidine groups is 1. The predicted molar refractivity (Wildman–Crippen MR) is 138 cm³/mol. The van der Waals surface area contributed by atoms with E-state index in [1.165, 1.54) is 18.2 Å². The quantitative estimate of drug-likeness (QED) is 0.396. The van der Waals surface area contributed by atoms with Gasteiger partial charge in [-0.05, 0) is 65.6 Å². The first-order valence-electron chi connectivity index (χ1n) is 11.6. The second-order valence-corrected chi connectivity index (χ2v) is 9.76. The number of carbonyl (C=O) groups excluding carboxylic acids is 1. The molecule has 1 amide bonds. The number of para-hydroxylation sites is 1. The minimum atomic E-state index is 0.0448. The predicted octanol–water partition coefficient (Wildman–Crippen LogP) is 7.03. The smallest absolute Gasteiger partial charge is 0.267 e. The highest BCUT2D eigenvalue weighted by Crippen LogP contribution is 2.41. The van der Waals surface area contributed by atoms with E-state index in [4.69, 9.17) is 9.73 Å². The van der Waals surface area contributed by atoms with Crippen LogP contribution in [0.1, 0.15) is 38.2 Å². The number of amides is 1. The summed E-state index contributed by atoms with van der Waals surface area (Å²) in [4.78, 5) is 21.4. The minimum Gasteiger partial charge on any atom is -0.496 e. The third-order valence-corrected chi connectivity index (χ3v) is 7.62. The Balaban J connectivity index is 1.61. The second-order valence-electron chi connectivity index (χ2n) is 8.75. The number of aliphatic imine (C=N–C) groups is 1. The molecule has 0 aromatic heterocycles. The molecular formula is C28H28N2O2S. The molecule has 1 saturated carbocycles.